The van der Waals surface area contributed by atoms with Crippen molar-refractivity contribution in [3.8, 4) is 0 Å². The van der Waals surface area contributed by atoms with Crippen LogP contribution >= 0.6 is 0 Å². The normalized spacial score (nSPS) is 54.1. The topological polar surface area (TPSA) is 37.3 Å². The number of hydrogen-bond donors (Lipinski definition) is 1. The van der Waals surface area contributed by atoms with Gasteiger partial charge in [0.25, 0.3) is 0 Å². The maximum atomic E-state index is 11.6. The number of fused-ring (bicyclic) bond motifs is 3. The lowest BCUT2D eigenvalue weighted by molar-refractivity contribution is -0.118. The Bertz CT molecular complexity index is 347. The smallest absolute Gasteiger partial charge is 0.133 e. The Labute approximate surface area is 97.4 Å². The van der Waals surface area contributed by atoms with E-state index in [9.17, 15) is 9.90 Å². The lowest BCUT2D eigenvalue weighted by Gasteiger charge is -2.36. The molecule has 0 aromatic rings. The van der Waals surface area contributed by atoms with Gasteiger partial charge in [-0.1, -0.05) is 20.8 Å². The van der Waals surface area contributed by atoms with Crippen molar-refractivity contribution in [1.29, 1.82) is 0 Å². The van der Waals surface area contributed by atoms with Gasteiger partial charge in [0.1, 0.15) is 5.78 Å². The van der Waals surface area contributed by atoms with Crippen LogP contribution in [-0.4, -0.2) is 17.0 Å². The second-order valence-electron chi connectivity index (χ2n) is 7.28. The summed E-state index contributed by atoms with van der Waals surface area (Å²) in [7, 11) is 0. The second kappa shape index (κ2) is 2.90. The van der Waals surface area contributed by atoms with Crippen molar-refractivity contribution in [2.75, 3.05) is 0 Å². The van der Waals surface area contributed by atoms with Crippen LogP contribution < -0.4 is 0 Å². The van der Waals surface area contributed by atoms with Crippen molar-refractivity contribution in [2.45, 2.75) is 52.6 Å². The summed E-state index contributed by atoms with van der Waals surface area (Å²) < 4.78 is 0. The Kier molecular flexibility index (Phi) is 1.95. The predicted octanol–water partition coefficient (Wildman–Crippen LogP) is 2.40. The number of carbonyl (C=O) groups excluding carboxylic acids is 1. The van der Waals surface area contributed by atoms with Gasteiger partial charge in [-0.25, -0.2) is 0 Å². The molecule has 3 rings (SSSR count). The molecule has 0 aromatic carbocycles. The van der Waals surface area contributed by atoms with Crippen molar-refractivity contribution in [3.63, 3.8) is 0 Å². The van der Waals surface area contributed by atoms with Crippen LogP contribution in [0.25, 0.3) is 0 Å². The Morgan fingerprint density at radius 2 is 2.00 bits per heavy atom. The van der Waals surface area contributed by atoms with Crippen molar-refractivity contribution in [2.24, 2.45) is 28.6 Å². The van der Waals surface area contributed by atoms with E-state index in [0.29, 0.717) is 30.0 Å². The number of Topliss-reactive ketones (excluding diaryl/α,β-unsaturated/α-hetero) is 1. The van der Waals surface area contributed by atoms with Gasteiger partial charge in [0.2, 0.25) is 0 Å². The molecular formula is C14H22O2. The molecule has 0 heterocycles. The molecule has 0 aromatic heterocycles. The van der Waals surface area contributed by atoms with E-state index in [2.05, 4.69) is 20.8 Å². The summed E-state index contributed by atoms with van der Waals surface area (Å²) in [4.78, 5) is 11.6. The molecule has 0 saturated heterocycles. The summed E-state index contributed by atoms with van der Waals surface area (Å²) in [6.45, 7) is 6.59. The van der Waals surface area contributed by atoms with E-state index in [1.807, 2.05) is 0 Å². The Morgan fingerprint density at radius 1 is 1.31 bits per heavy atom. The summed E-state index contributed by atoms with van der Waals surface area (Å²) in [5, 5.41) is 10.5. The first-order valence-electron chi connectivity index (χ1n) is 6.54. The summed E-state index contributed by atoms with van der Waals surface area (Å²) in [6, 6.07) is 0. The van der Waals surface area contributed by atoms with Gasteiger partial charge in [0.15, 0.2) is 0 Å². The fraction of sp³-hybridized carbons (Fsp3) is 0.929. The van der Waals surface area contributed by atoms with Crippen molar-refractivity contribution in [3.05, 3.63) is 0 Å². The monoisotopic (exact) mass is 222 g/mol. The van der Waals surface area contributed by atoms with E-state index in [0.717, 1.165) is 12.8 Å². The lowest BCUT2D eigenvalue weighted by Crippen LogP contribution is -2.37. The van der Waals surface area contributed by atoms with E-state index in [4.69, 9.17) is 0 Å². The average Bonchev–Trinajstić information content (AvgIpc) is 2.59. The molecule has 3 fully saturated rings. The zero-order valence-electron chi connectivity index (χ0n) is 10.5. The third-order valence-corrected chi connectivity index (χ3v) is 5.77. The van der Waals surface area contributed by atoms with Crippen LogP contribution in [0.2, 0.25) is 0 Å². The molecule has 0 aliphatic heterocycles. The van der Waals surface area contributed by atoms with Crippen LogP contribution in [-0.2, 0) is 4.79 Å². The molecular weight excluding hydrogens is 200 g/mol. The zero-order chi connectivity index (χ0) is 11.7. The van der Waals surface area contributed by atoms with Gasteiger partial charge in [-0.3, -0.25) is 4.79 Å². The van der Waals surface area contributed by atoms with Crippen LogP contribution in [0, 0.1) is 28.6 Å². The Morgan fingerprint density at radius 3 is 2.69 bits per heavy atom. The van der Waals surface area contributed by atoms with Gasteiger partial charge in [0, 0.05) is 12.8 Å². The minimum atomic E-state index is -0.210. The number of aliphatic hydroxyl groups is 1. The van der Waals surface area contributed by atoms with Crippen molar-refractivity contribution < 1.29 is 9.90 Å². The predicted molar refractivity (Wildman–Crippen MR) is 61.8 cm³/mol. The molecule has 0 radical (unpaired) electrons. The first-order valence-corrected chi connectivity index (χ1v) is 6.54. The number of rotatable bonds is 0. The van der Waals surface area contributed by atoms with Crippen LogP contribution in [0.15, 0.2) is 0 Å². The molecule has 3 saturated carbocycles. The summed E-state index contributed by atoms with van der Waals surface area (Å²) >= 11 is 0. The van der Waals surface area contributed by atoms with Gasteiger partial charge in [-0.2, -0.15) is 0 Å². The molecule has 0 bridgehead atoms. The van der Waals surface area contributed by atoms with Gasteiger partial charge >= 0.3 is 0 Å². The summed E-state index contributed by atoms with van der Waals surface area (Å²) in [5.41, 5.74) is 0.157. The van der Waals surface area contributed by atoms with Gasteiger partial charge in [-0.15, -0.1) is 0 Å². The lowest BCUT2D eigenvalue weighted by atomic mass is 9.71. The fourth-order valence-corrected chi connectivity index (χ4v) is 5.05. The van der Waals surface area contributed by atoms with Crippen LogP contribution in [0.1, 0.15) is 46.5 Å². The number of carbonyl (C=O) groups is 1. The van der Waals surface area contributed by atoms with Crippen LogP contribution in [0.5, 0.6) is 0 Å². The molecule has 0 amide bonds. The minimum Gasteiger partial charge on any atom is -0.392 e. The van der Waals surface area contributed by atoms with Crippen molar-refractivity contribution >= 4 is 5.78 Å². The third-order valence-electron chi connectivity index (χ3n) is 5.77. The van der Waals surface area contributed by atoms with Gasteiger partial charge < -0.3 is 5.11 Å². The number of hydrogen-bond acceptors (Lipinski definition) is 2. The average molecular weight is 222 g/mol. The van der Waals surface area contributed by atoms with Crippen LogP contribution in [0.3, 0.4) is 0 Å². The standard InChI is InChI=1S/C14H22O2/c1-13(2)6-8-4-9-5-10(15)7-14(9,3)11(8)12(13)16/h8-9,11-12,16H,4-7H2,1-3H3/t8?,9-,11?,12+,14+/m1/s1. The second-order valence-corrected chi connectivity index (χ2v) is 7.28. The molecule has 5 atom stereocenters. The highest BCUT2D eigenvalue weighted by atomic mass is 16.3. The van der Waals surface area contributed by atoms with E-state index in [1.165, 1.54) is 6.42 Å². The molecule has 16 heavy (non-hydrogen) atoms. The molecule has 90 valence electrons. The van der Waals surface area contributed by atoms with E-state index in [-0.39, 0.29) is 16.9 Å². The Balaban J connectivity index is 1.96. The van der Waals surface area contributed by atoms with Gasteiger partial charge in [-0.05, 0) is 41.4 Å². The quantitative estimate of drug-likeness (QED) is 0.683. The molecule has 0 spiro atoms. The number of aliphatic hydroxyl groups excluding tert-OH is 1. The SMILES string of the molecule is CC1(C)CC2C[C@@H]3CC(=O)C[C@]3(C)C2[C@@H]1O. The first kappa shape index (κ1) is 10.8. The molecule has 3 aliphatic rings. The fourth-order valence-electron chi connectivity index (χ4n) is 5.05. The summed E-state index contributed by atoms with van der Waals surface area (Å²) in [5.74, 6) is 2.01. The van der Waals surface area contributed by atoms with Crippen molar-refractivity contribution in [1.82, 2.24) is 0 Å². The molecule has 1 N–H and O–H groups in total. The summed E-state index contributed by atoms with van der Waals surface area (Å²) in [6.07, 6.45) is 3.59. The minimum absolute atomic E-state index is 0.0505. The van der Waals surface area contributed by atoms with E-state index >= 15 is 0 Å². The molecule has 2 unspecified atom stereocenters. The van der Waals surface area contributed by atoms with E-state index in [1.54, 1.807) is 0 Å². The van der Waals surface area contributed by atoms with Gasteiger partial charge in [0.05, 0.1) is 6.10 Å². The molecule has 2 nitrogen and oxygen atoms in total. The third kappa shape index (κ3) is 1.14. The highest BCUT2D eigenvalue weighted by molar-refractivity contribution is 5.82. The van der Waals surface area contributed by atoms with E-state index < -0.39 is 0 Å². The Hall–Kier alpha value is -0.370. The molecule has 2 heteroatoms. The largest absolute Gasteiger partial charge is 0.392 e. The molecule has 3 aliphatic carbocycles. The first-order chi connectivity index (χ1) is 7.34. The highest BCUT2D eigenvalue weighted by Gasteiger charge is 2.64. The zero-order valence-corrected chi connectivity index (χ0v) is 10.5. The maximum absolute atomic E-state index is 11.6. The maximum Gasteiger partial charge on any atom is 0.133 e. The number of ketones is 1. The highest BCUT2D eigenvalue weighted by Crippen LogP contribution is 2.66. The van der Waals surface area contributed by atoms with Crippen LogP contribution in [0.4, 0.5) is 0 Å².